The molecule has 0 bridgehead atoms. The van der Waals surface area contributed by atoms with Gasteiger partial charge >= 0.3 is 0 Å². The van der Waals surface area contributed by atoms with Gasteiger partial charge in [0, 0.05) is 30.2 Å². The second-order valence-corrected chi connectivity index (χ2v) is 8.41. The third kappa shape index (κ3) is 7.52. The van der Waals surface area contributed by atoms with Gasteiger partial charge in [-0.1, -0.05) is 48.5 Å². The van der Waals surface area contributed by atoms with Crippen LogP contribution in [-0.4, -0.2) is 17.8 Å². The molecule has 32 heavy (non-hydrogen) atoms. The molecular weight excluding hydrogens is 445 g/mol. The number of ether oxygens (including phenoxy) is 1. The van der Waals surface area contributed by atoms with Crippen LogP contribution in [-0.2, 0) is 6.54 Å². The Morgan fingerprint density at radius 3 is 2.50 bits per heavy atom. The minimum absolute atomic E-state index is 0.0718. The SMILES string of the molecule is C=C(O)CCNCc1ccc(C2C=C(c3ccc(OC(C)C)c(Cl)c3)N2)c(Cl)c1.C=CN. The normalized spacial score (nSPS) is 14.4. The first-order valence-electron chi connectivity index (χ1n) is 10.4. The van der Waals surface area contributed by atoms with Gasteiger partial charge in [-0.3, -0.25) is 0 Å². The minimum Gasteiger partial charge on any atom is -0.513 e. The first kappa shape index (κ1) is 25.7. The second-order valence-electron chi connectivity index (χ2n) is 7.60. The van der Waals surface area contributed by atoms with Crippen molar-refractivity contribution in [2.75, 3.05) is 6.54 Å². The number of aliphatic hydroxyl groups is 1. The van der Waals surface area contributed by atoms with Gasteiger partial charge in [-0.15, -0.1) is 0 Å². The molecule has 7 heteroatoms. The highest BCUT2D eigenvalue weighted by Crippen LogP contribution is 2.36. The topological polar surface area (TPSA) is 79.5 Å². The lowest BCUT2D eigenvalue weighted by atomic mass is 9.95. The molecule has 2 aromatic carbocycles. The predicted molar refractivity (Wildman–Crippen MR) is 135 cm³/mol. The lowest BCUT2D eigenvalue weighted by Gasteiger charge is -2.30. The molecule has 5 nitrogen and oxygen atoms in total. The van der Waals surface area contributed by atoms with Crippen LogP contribution >= 0.6 is 23.2 Å². The van der Waals surface area contributed by atoms with Crippen LogP contribution < -0.4 is 21.1 Å². The fourth-order valence-electron chi connectivity index (χ4n) is 3.09. The van der Waals surface area contributed by atoms with E-state index in [1.165, 1.54) is 6.20 Å². The molecule has 0 fully saturated rings. The average molecular weight is 476 g/mol. The molecule has 5 N–H and O–H groups in total. The fraction of sp³-hybridized carbons (Fsp3) is 0.280. The highest BCUT2D eigenvalue weighted by Gasteiger charge is 2.23. The van der Waals surface area contributed by atoms with Gasteiger partial charge < -0.3 is 26.2 Å². The van der Waals surface area contributed by atoms with Crippen molar-refractivity contribution < 1.29 is 9.84 Å². The van der Waals surface area contributed by atoms with Gasteiger partial charge in [-0.25, -0.2) is 0 Å². The minimum atomic E-state index is 0.0718. The summed E-state index contributed by atoms with van der Waals surface area (Å²) in [5.41, 5.74) is 8.79. The van der Waals surface area contributed by atoms with Crippen LogP contribution in [0, 0.1) is 0 Å². The quantitative estimate of drug-likeness (QED) is 0.260. The Morgan fingerprint density at radius 1 is 1.25 bits per heavy atom. The molecule has 1 aliphatic heterocycles. The number of halogens is 2. The molecule has 1 heterocycles. The molecule has 0 saturated carbocycles. The Balaban J connectivity index is 0.00000114. The number of benzene rings is 2. The van der Waals surface area contributed by atoms with Crippen LogP contribution in [0.5, 0.6) is 5.75 Å². The monoisotopic (exact) mass is 475 g/mol. The van der Waals surface area contributed by atoms with E-state index in [1.54, 1.807) is 0 Å². The summed E-state index contributed by atoms with van der Waals surface area (Å²) in [6.45, 7) is 11.9. The molecule has 0 radical (unpaired) electrons. The van der Waals surface area contributed by atoms with E-state index >= 15 is 0 Å². The molecule has 2 aromatic rings. The van der Waals surface area contributed by atoms with Crippen molar-refractivity contribution in [2.24, 2.45) is 5.73 Å². The third-order valence-electron chi connectivity index (χ3n) is 4.57. The zero-order valence-corrected chi connectivity index (χ0v) is 20.0. The standard InChI is InChI=1S/C23H26Cl2N2O2.C2H5N/c1-14(2)29-23-7-5-17(11-20(23)25)21-12-22(27-21)18-6-4-16(10-19(18)24)13-26-9-8-15(3)28;1-2-3/h4-7,10-12,14,22,26-28H,3,8-9,13H2,1-2H3;2H,1,3H2. The second kappa shape index (κ2) is 12.4. The van der Waals surface area contributed by atoms with E-state index < -0.39 is 0 Å². The zero-order chi connectivity index (χ0) is 23.7. The van der Waals surface area contributed by atoms with E-state index in [2.05, 4.69) is 41.7 Å². The van der Waals surface area contributed by atoms with Gasteiger partial charge in [-0.05, 0) is 67.1 Å². The molecule has 3 rings (SSSR count). The average Bonchev–Trinajstić information content (AvgIpc) is 2.68. The largest absolute Gasteiger partial charge is 0.513 e. The van der Waals surface area contributed by atoms with Crippen LogP contribution in [0.2, 0.25) is 10.0 Å². The maximum atomic E-state index is 9.11. The Bertz CT molecular complexity index is 974. The van der Waals surface area contributed by atoms with Crippen LogP contribution in [0.1, 0.15) is 43.0 Å². The summed E-state index contributed by atoms with van der Waals surface area (Å²) >= 11 is 12.8. The lowest BCUT2D eigenvalue weighted by molar-refractivity contribution is 0.242. The summed E-state index contributed by atoms with van der Waals surface area (Å²) < 4.78 is 5.68. The van der Waals surface area contributed by atoms with Crippen molar-refractivity contribution in [1.82, 2.24) is 10.6 Å². The van der Waals surface area contributed by atoms with Crippen LogP contribution in [0.3, 0.4) is 0 Å². The van der Waals surface area contributed by atoms with Gasteiger partial charge in [0.2, 0.25) is 0 Å². The van der Waals surface area contributed by atoms with Crippen LogP contribution in [0.15, 0.2) is 67.6 Å². The molecule has 0 spiro atoms. The first-order valence-corrected chi connectivity index (χ1v) is 11.1. The maximum Gasteiger partial charge on any atom is 0.138 e. The van der Waals surface area contributed by atoms with Gasteiger partial charge in [0.05, 0.1) is 22.9 Å². The molecule has 0 aromatic heterocycles. The Morgan fingerprint density at radius 2 is 1.94 bits per heavy atom. The number of hydrogen-bond acceptors (Lipinski definition) is 5. The van der Waals surface area contributed by atoms with E-state index in [9.17, 15) is 0 Å². The van der Waals surface area contributed by atoms with E-state index in [1.807, 2.05) is 44.2 Å². The summed E-state index contributed by atoms with van der Waals surface area (Å²) in [5, 5.41) is 17.1. The molecule has 172 valence electrons. The third-order valence-corrected chi connectivity index (χ3v) is 5.19. The van der Waals surface area contributed by atoms with Crippen molar-refractivity contribution in [3.05, 3.63) is 94.3 Å². The van der Waals surface area contributed by atoms with Crippen LogP contribution in [0.4, 0.5) is 0 Å². The van der Waals surface area contributed by atoms with Gasteiger partial charge in [0.15, 0.2) is 0 Å². The molecule has 0 amide bonds. The molecule has 0 saturated heterocycles. The highest BCUT2D eigenvalue weighted by molar-refractivity contribution is 6.32. The Kier molecular flexibility index (Phi) is 9.97. The number of aliphatic hydroxyl groups excluding tert-OH is 1. The van der Waals surface area contributed by atoms with E-state index in [-0.39, 0.29) is 17.9 Å². The van der Waals surface area contributed by atoms with Crippen molar-refractivity contribution in [1.29, 1.82) is 0 Å². The van der Waals surface area contributed by atoms with E-state index in [0.29, 0.717) is 30.3 Å². The zero-order valence-electron chi connectivity index (χ0n) is 18.5. The molecule has 1 atom stereocenters. The Hall–Kier alpha value is -2.60. The summed E-state index contributed by atoms with van der Waals surface area (Å²) in [6.07, 6.45) is 4.01. The number of nitrogens with two attached hydrogens (primary N) is 1. The van der Waals surface area contributed by atoms with E-state index in [4.69, 9.17) is 33.0 Å². The molecule has 0 aliphatic carbocycles. The number of nitrogens with one attached hydrogen (secondary N) is 2. The summed E-state index contributed by atoms with van der Waals surface area (Å²) in [6, 6.07) is 11.9. The fourth-order valence-corrected chi connectivity index (χ4v) is 3.64. The summed E-state index contributed by atoms with van der Waals surface area (Å²) in [4.78, 5) is 0. The highest BCUT2D eigenvalue weighted by atomic mass is 35.5. The molecule has 1 aliphatic rings. The number of rotatable bonds is 9. The molecule has 1 unspecified atom stereocenters. The smallest absolute Gasteiger partial charge is 0.138 e. The van der Waals surface area contributed by atoms with Crippen molar-refractivity contribution >= 4 is 28.9 Å². The number of hydrogen-bond donors (Lipinski definition) is 4. The van der Waals surface area contributed by atoms with Gasteiger partial charge in [-0.2, -0.15) is 0 Å². The lowest BCUT2D eigenvalue weighted by Crippen LogP contribution is -2.28. The molecular formula is C25H31Cl2N3O2. The predicted octanol–water partition coefficient (Wildman–Crippen LogP) is 6.11. The van der Waals surface area contributed by atoms with Gasteiger partial charge in [0.1, 0.15) is 5.75 Å². The van der Waals surface area contributed by atoms with E-state index in [0.717, 1.165) is 27.4 Å². The van der Waals surface area contributed by atoms with Crippen molar-refractivity contribution in [3.8, 4) is 5.75 Å². The van der Waals surface area contributed by atoms with Crippen molar-refractivity contribution in [2.45, 2.75) is 39.0 Å². The van der Waals surface area contributed by atoms with Gasteiger partial charge in [0.25, 0.3) is 0 Å². The summed E-state index contributed by atoms with van der Waals surface area (Å²) in [7, 11) is 0. The summed E-state index contributed by atoms with van der Waals surface area (Å²) in [5.74, 6) is 0.880. The Labute approximate surface area is 200 Å². The first-order chi connectivity index (χ1) is 15.2. The van der Waals surface area contributed by atoms with Crippen molar-refractivity contribution in [3.63, 3.8) is 0 Å². The van der Waals surface area contributed by atoms with Crippen LogP contribution in [0.25, 0.3) is 5.70 Å². The maximum absolute atomic E-state index is 9.11.